The number of carbonyl (C=O) groups is 3. The lowest BCUT2D eigenvalue weighted by atomic mass is 9.88. The van der Waals surface area contributed by atoms with E-state index in [1.54, 1.807) is 48.7 Å². The fourth-order valence-corrected chi connectivity index (χ4v) is 3.34. The molecule has 0 saturated heterocycles. The maximum Gasteiger partial charge on any atom is 0.306 e. The predicted molar refractivity (Wildman–Crippen MR) is 98.6 cm³/mol. The zero-order valence-corrected chi connectivity index (χ0v) is 15.5. The Morgan fingerprint density at radius 1 is 1.19 bits per heavy atom. The highest BCUT2D eigenvalue weighted by Gasteiger charge is 2.32. The zero-order valence-electron chi connectivity index (χ0n) is 14.7. The summed E-state index contributed by atoms with van der Waals surface area (Å²) in [5.74, 6) is -0.940. The molecule has 0 bridgehead atoms. The number of benzene rings is 1. The first-order valence-electron chi connectivity index (χ1n) is 8.08. The fourth-order valence-electron chi connectivity index (χ4n) is 2.64. The number of ketones is 1. The Kier molecular flexibility index (Phi) is 6.52. The van der Waals surface area contributed by atoms with Gasteiger partial charge in [0.1, 0.15) is 5.75 Å². The largest absolute Gasteiger partial charge is 0.497 e. The van der Waals surface area contributed by atoms with Crippen LogP contribution in [0.15, 0.2) is 41.8 Å². The summed E-state index contributed by atoms with van der Waals surface area (Å²) >= 11 is 1.33. The SMILES string of the molecule is COc1cccc(C(C)(CC(=O)O)NC(=O)CCC(=O)c2cccs2)c1. The highest BCUT2D eigenvalue weighted by molar-refractivity contribution is 7.12. The van der Waals surface area contributed by atoms with Gasteiger partial charge in [0, 0.05) is 12.8 Å². The van der Waals surface area contributed by atoms with Gasteiger partial charge in [-0.25, -0.2) is 0 Å². The summed E-state index contributed by atoms with van der Waals surface area (Å²) in [6, 6.07) is 10.4. The number of hydrogen-bond donors (Lipinski definition) is 2. The molecule has 0 radical (unpaired) electrons. The highest BCUT2D eigenvalue weighted by atomic mass is 32.1. The van der Waals surface area contributed by atoms with Crippen LogP contribution < -0.4 is 10.1 Å². The van der Waals surface area contributed by atoms with Crippen LogP contribution in [0.1, 0.15) is 41.4 Å². The van der Waals surface area contributed by atoms with Crippen molar-refractivity contribution in [2.24, 2.45) is 0 Å². The van der Waals surface area contributed by atoms with E-state index in [-0.39, 0.29) is 31.0 Å². The van der Waals surface area contributed by atoms with Crippen LogP contribution in [0.25, 0.3) is 0 Å². The summed E-state index contributed by atoms with van der Waals surface area (Å²) in [6.45, 7) is 1.65. The summed E-state index contributed by atoms with van der Waals surface area (Å²) < 4.78 is 5.18. The van der Waals surface area contributed by atoms with Crippen molar-refractivity contribution >= 4 is 29.0 Å². The summed E-state index contributed by atoms with van der Waals surface area (Å²) in [4.78, 5) is 36.3. The lowest BCUT2D eigenvalue weighted by Gasteiger charge is -2.30. The number of amides is 1. The van der Waals surface area contributed by atoms with E-state index < -0.39 is 11.5 Å². The molecule has 0 spiro atoms. The van der Waals surface area contributed by atoms with E-state index in [0.29, 0.717) is 16.2 Å². The van der Waals surface area contributed by atoms with Crippen molar-refractivity contribution in [3.8, 4) is 5.75 Å². The van der Waals surface area contributed by atoms with E-state index in [1.165, 1.54) is 18.4 Å². The topological polar surface area (TPSA) is 92.7 Å². The van der Waals surface area contributed by atoms with Gasteiger partial charge in [-0.3, -0.25) is 14.4 Å². The minimum Gasteiger partial charge on any atom is -0.497 e. The van der Waals surface area contributed by atoms with Crippen LogP contribution in [0.2, 0.25) is 0 Å². The Labute approximate surface area is 155 Å². The van der Waals surface area contributed by atoms with E-state index in [1.807, 2.05) is 0 Å². The number of carboxylic acid groups (broad SMARTS) is 1. The molecule has 0 aliphatic rings. The molecular formula is C19H21NO5S. The molecule has 0 saturated carbocycles. The number of thiophene rings is 1. The van der Waals surface area contributed by atoms with Crippen molar-refractivity contribution < 1.29 is 24.2 Å². The third-order valence-electron chi connectivity index (χ3n) is 4.00. The summed E-state index contributed by atoms with van der Waals surface area (Å²) in [6.07, 6.45) is -0.214. The minimum atomic E-state index is -1.11. The fraction of sp³-hybridized carbons (Fsp3) is 0.316. The lowest BCUT2D eigenvalue weighted by Crippen LogP contribution is -2.45. The molecule has 1 aromatic carbocycles. The van der Waals surface area contributed by atoms with Crippen molar-refractivity contribution in [3.63, 3.8) is 0 Å². The normalized spacial score (nSPS) is 12.8. The number of carbonyl (C=O) groups excluding carboxylic acids is 2. The van der Waals surface area contributed by atoms with Gasteiger partial charge in [-0.2, -0.15) is 0 Å². The molecule has 7 heteroatoms. The van der Waals surface area contributed by atoms with Crippen molar-refractivity contribution in [1.82, 2.24) is 5.32 Å². The molecule has 1 heterocycles. The number of aliphatic carboxylic acids is 1. The lowest BCUT2D eigenvalue weighted by molar-refractivity contribution is -0.139. The number of carboxylic acids is 1. The van der Waals surface area contributed by atoms with Gasteiger partial charge in [0.15, 0.2) is 5.78 Å². The van der Waals surface area contributed by atoms with Gasteiger partial charge in [0.05, 0.1) is 23.9 Å². The molecule has 1 atom stereocenters. The first-order valence-corrected chi connectivity index (χ1v) is 8.96. The van der Waals surface area contributed by atoms with Gasteiger partial charge in [0.2, 0.25) is 5.91 Å². The van der Waals surface area contributed by atoms with Crippen LogP contribution in [0.3, 0.4) is 0 Å². The summed E-state index contributed by atoms with van der Waals surface area (Å²) in [5, 5.41) is 13.8. The van der Waals surface area contributed by atoms with Gasteiger partial charge < -0.3 is 15.2 Å². The Morgan fingerprint density at radius 3 is 2.58 bits per heavy atom. The molecule has 26 heavy (non-hydrogen) atoms. The number of Topliss-reactive ketones (excluding diaryl/α,β-unsaturated/α-hetero) is 1. The minimum absolute atomic E-state index is 0.00406. The van der Waals surface area contributed by atoms with Crippen LogP contribution in [0, 0.1) is 0 Å². The average Bonchev–Trinajstić information content (AvgIpc) is 3.13. The molecule has 2 aromatic rings. The molecule has 0 aliphatic carbocycles. The molecule has 0 aliphatic heterocycles. The van der Waals surface area contributed by atoms with Crippen LogP contribution in [0.5, 0.6) is 5.75 Å². The van der Waals surface area contributed by atoms with Crippen molar-refractivity contribution in [2.75, 3.05) is 7.11 Å². The summed E-state index contributed by atoms with van der Waals surface area (Å²) in [5.41, 5.74) is -0.485. The Balaban J connectivity index is 2.09. The second-order valence-corrected chi connectivity index (χ2v) is 7.03. The number of hydrogen-bond acceptors (Lipinski definition) is 5. The number of ether oxygens (including phenoxy) is 1. The van der Waals surface area contributed by atoms with Crippen LogP contribution >= 0.6 is 11.3 Å². The number of nitrogens with one attached hydrogen (secondary N) is 1. The van der Waals surface area contributed by atoms with Crippen molar-refractivity contribution in [1.29, 1.82) is 0 Å². The highest BCUT2D eigenvalue weighted by Crippen LogP contribution is 2.28. The van der Waals surface area contributed by atoms with Gasteiger partial charge in [-0.1, -0.05) is 18.2 Å². The van der Waals surface area contributed by atoms with Gasteiger partial charge in [-0.05, 0) is 36.1 Å². The molecular weight excluding hydrogens is 354 g/mol. The quantitative estimate of drug-likeness (QED) is 0.657. The van der Waals surface area contributed by atoms with Crippen LogP contribution in [0.4, 0.5) is 0 Å². The van der Waals surface area contributed by atoms with Gasteiger partial charge in [0.25, 0.3) is 0 Å². The maximum absolute atomic E-state index is 12.4. The Hall–Kier alpha value is -2.67. The van der Waals surface area contributed by atoms with E-state index in [4.69, 9.17) is 4.74 Å². The smallest absolute Gasteiger partial charge is 0.306 e. The second-order valence-electron chi connectivity index (χ2n) is 6.08. The molecule has 2 N–H and O–H groups in total. The first kappa shape index (κ1) is 19.7. The maximum atomic E-state index is 12.4. The zero-order chi connectivity index (χ0) is 19.2. The first-order chi connectivity index (χ1) is 12.3. The molecule has 1 amide bonds. The van der Waals surface area contributed by atoms with Gasteiger partial charge >= 0.3 is 5.97 Å². The van der Waals surface area contributed by atoms with Crippen molar-refractivity contribution in [2.45, 2.75) is 31.7 Å². The molecule has 6 nitrogen and oxygen atoms in total. The Bertz CT molecular complexity index is 787. The van der Waals surface area contributed by atoms with E-state index in [9.17, 15) is 19.5 Å². The van der Waals surface area contributed by atoms with Crippen LogP contribution in [-0.2, 0) is 15.1 Å². The van der Waals surface area contributed by atoms with E-state index in [2.05, 4.69) is 5.32 Å². The second kappa shape index (κ2) is 8.62. The summed E-state index contributed by atoms with van der Waals surface area (Å²) in [7, 11) is 1.52. The van der Waals surface area contributed by atoms with Gasteiger partial charge in [-0.15, -0.1) is 11.3 Å². The third-order valence-corrected chi connectivity index (χ3v) is 4.91. The van der Waals surface area contributed by atoms with E-state index >= 15 is 0 Å². The van der Waals surface area contributed by atoms with E-state index in [0.717, 1.165) is 0 Å². The number of methoxy groups -OCH3 is 1. The number of rotatable bonds is 9. The molecule has 1 unspecified atom stereocenters. The molecule has 138 valence electrons. The third kappa shape index (κ3) is 5.16. The molecule has 0 fully saturated rings. The molecule has 2 rings (SSSR count). The van der Waals surface area contributed by atoms with Crippen LogP contribution in [-0.4, -0.2) is 29.9 Å². The predicted octanol–water partition coefficient (Wildman–Crippen LogP) is 3.23. The Morgan fingerprint density at radius 2 is 1.96 bits per heavy atom. The van der Waals surface area contributed by atoms with Crippen molar-refractivity contribution in [3.05, 3.63) is 52.2 Å². The average molecular weight is 375 g/mol. The monoisotopic (exact) mass is 375 g/mol. The molecule has 1 aromatic heterocycles. The standard InChI is InChI=1S/C19H21NO5S/c1-19(12-18(23)24,13-5-3-6-14(11-13)25-2)20-17(22)9-8-15(21)16-7-4-10-26-16/h3-7,10-11H,8-9,12H2,1-2H3,(H,20,22)(H,23,24).